The molecule has 1 aromatic carbocycles. The third-order valence-corrected chi connectivity index (χ3v) is 6.95. The summed E-state index contributed by atoms with van der Waals surface area (Å²) in [7, 11) is 0. The molecule has 136 valence electrons. The highest BCUT2D eigenvalue weighted by Crippen LogP contribution is 2.28. The minimum atomic E-state index is 0.629. The highest BCUT2D eigenvalue weighted by molar-refractivity contribution is 7.98. The van der Waals surface area contributed by atoms with Gasteiger partial charge in [-0.15, -0.1) is 23.1 Å². The van der Waals surface area contributed by atoms with Crippen molar-refractivity contribution in [2.45, 2.75) is 43.0 Å². The van der Waals surface area contributed by atoms with Crippen LogP contribution in [0.2, 0.25) is 0 Å². The van der Waals surface area contributed by atoms with Crippen molar-refractivity contribution in [2.24, 2.45) is 0 Å². The molecule has 0 saturated heterocycles. The highest BCUT2D eigenvalue weighted by atomic mass is 32.2. The maximum Gasteiger partial charge on any atom is 0.0468 e. The maximum absolute atomic E-state index is 3.67. The van der Waals surface area contributed by atoms with Gasteiger partial charge in [0.15, 0.2) is 0 Å². The van der Waals surface area contributed by atoms with Crippen molar-refractivity contribution >= 4 is 39.6 Å². The number of hydrogen-bond acceptors (Lipinski definition) is 3. The summed E-state index contributed by atoms with van der Waals surface area (Å²) in [5, 5.41) is 7.23. The molecule has 0 bridgehead atoms. The Morgan fingerprint density at radius 1 is 1.23 bits per heavy atom. The predicted octanol–water partition coefficient (Wildman–Crippen LogP) is 6.11. The summed E-state index contributed by atoms with van der Waals surface area (Å²) < 4.78 is 0. The second-order valence-electron chi connectivity index (χ2n) is 6.99. The number of hydrogen-bond donors (Lipinski definition) is 2. The lowest BCUT2D eigenvalue weighted by Gasteiger charge is -2.24. The van der Waals surface area contributed by atoms with Crippen LogP contribution in [0.5, 0.6) is 0 Å². The summed E-state index contributed by atoms with van der Waals surface area (Å²) in [6.07, 6.45) is 12.8. The Labute approximate surface area is 164 Å². The molecule has 2 nitrogen and oxygen atoms in total. The molecule has 3 heterocycles. The van der Waals surface area contributed by atoms with Gasteiger partial charge in [0.05, 0.1) is 0 Å². The van der Waals surface area contributed by atoms with E-state index in [1.165, 1.54) is 63.9 Å². The van der Waals surface area contributed by atoms with Gasteiger partial charge in [-0.3, -0.25) is 0 Å². The third-order valence-electron chi connectivity index (χ3n) is 5.28. The van der Waals surface area contributed by atoms with Crippen molar-refractivity contribution in [1.29, 1.82) is 0 Å². The Morgan fingerprint density at radius 2 is 2.19 bits per heavy atom. The molecule has 3 aromatic rings. The zero-order valence-corrected chi connectivity index (χ0v) is 16.9. The molecule has 1 aliphatic rings. The van der Waals surface area contributed by atoms with Crippen molar-refractivity contribution in [3.05, 3.63) is 58.4 Å². The fraction of sp³-hybridized carbons (Fsp3) is 0.364. The average Bonchev–Trinajstić information content (AvgIpc) is 3.35. The van der Waals surface area contributed by atoms with E-state index in [2.05, 4.69) is 64.5 Å². The minimum absolute atomic E-state index is 0.629. The maximum atomic E-state index is 3.67. The van der Waals surface area contributed by atoms with Gasteiger partial charge in [-0.2, -0.15) is 0 Å². The monoisotopic (exact) mass is 382 g/mol. The summed E-state index contributed by atoms with van der Waals surface area (Å²) in [5.74, 6) is 0. The summed E-state index contributed by atoms with van der Waals surface area (Å²) in [4.78, 5) is 6.21. The zero-order chi connectivity index (χ0) is 17.8. The Kier molecular flexibility index (Phi) is 5.83. The molecule has 0 radical (unpaired) electrons. The second kappa shape index (κ2) is 8.47. The van der Waals surface area contributed by atoms with Gasteiger partial charge in [-0.25, -0.2) is 0 Å². The molecule has 1 unspecified atom stereocenters. The lowest BCUT2D eigenvalue weighted by Crippen LogP contribution is -2.32. The fourth-order valence-electron chi connectivity index (χ4n) is 3.84. The van der Waals surface area contributed by atoms with E-state index in [0.717, 1.165) is 6.54 Å². The van der Waals surface area contributed by atoms with Gasteiger partial charge in [-0.1, -0.05) is 24.6 Å². The quantitative estimate of drug-likeness (QED) is 0.381. The predicted molar refractivity (Wildman–Crippen MR) is 116 cm³/mol. The smallest absolute Gasteiger partial charge is 0.0468 e. The van der Waals surface area contributed by atoms with Crippen molar-refractivity contribution < 1.29 is 0 Å². The van der Waals surface area contributed by atoms with Gasteiger partial charge in [-0.05, 0) is 66.7 Å². The molecule has 0 saturated carbocycles. The van der Waals surface area contributed by atoms with Crippen LogP contribution in [0.3, 0.4) is 0 Å². The SMILES string of the molecule is CSc1ccc2c(CCCCC3CC(c4cccs4)=CCN3)c[nH]c2c1. The van der Waals surface area contributed by atoms with E-state index in [1.54, 1.807) is 11.8 Å². The van der Waals surface area contributed by atoms with Gasteiger partial charge in [0.2, 0.25) is 0 Å². The number of benzene rings is 1. The Bertz CT molecular complexity index is 877. The fourth-order valence-corrected chi connectivity index (χ4v) is 5.06. The molecule has 2 aromatic heterocycles. The molecular weight excluding hydrogens is 356 g/mol. The molecule has 2 N–H and O–H groups in total. The van der Waals surface area contributed by atoms with Gasteiger partial charge < -0.3 is 10.3 Å². The number of aromatic nitrogens is 1. The highest BCUT2D eigenvalue weighted by Gasteiger charge is 2.16. The first-order chi connectivity index (χ1) is 12.8. The number of thioether (sulfide) groups is 1. The number of rotatable bonds is 7. The first kappa shape index (κ1) is 17.9. The van der Waals surface area contributed by atoms with Crippen molar-refractivity contribution in [3.63, 3.8) is 0 Å². The van der Waals surface area contributed by atoms with E-state index in [1.807, 2.05) is 11.3 Å². The first-order valence-corrected chi connectivity index (χ1v) is 11.5. The summed E-state index contributed by atoms with van der Waals surface area (Å²) >= 11 is 3.66. The van der Waals surface area contributed by atoms with Crippen LogP contribution in [-0.2, 0) is 6.42 Å². The summed E-state index contributed by atoms with van der Waals surface area (Å²) in [6, 6.07) is 11.8. The van der Waals surface area contributed by atoms with Crippen LogP contribution in [-0.4, -0.2) is 23.8 Å². The van der Waals surface area contributed by atoms with E-state index in [9.17, 15) is 0 Å². The number of thiophene rings is 1. The van der Waals surface area contributed by atoms with Crippen LogP contribution < -0.4 is 5.32 Å². The molecule has 1 atom stereocenters. The van der Waals surface area contributed by atoms with E-state index < -0.39 is 0 Å². The number of fused-ring (bicyclic) bond motifs is 1. The molecule has 0 spiro atoms. The van der Waals surface area contributed by atoms with Crippen LogP contribution in [0.15, 0.2) is 52.9 Å². The largest absolute Gasteiger partial charge is 0.361 e. The molecule has 0 aliphatic carbocycles. The lowest BCUT2D eigenvalue weighted by molar-refractivity contribution is 0.477. The van der Waals surface area contributed by atoms with Gasteiger partial charge in [0.1, 0.15) is 0 Å². The van der Waals surface area contributed by atoms with Crippen LogP contribution in [0, 0.1) is 0 Å². The van der Waals surface area contributed by atoms with Crippen molar-refractivity contribution in [3.8, 4) is 0 Å². The van der Waals surface area contributed by atoms with E-state index in [-0.39, 0.29) is 0 Å². The minimum Gasteiger partial charge on any atom is -0.361 e. The Morgan fingerprint density at radius 3 is 3.04 bits per heavy atom. The molecule has 4 heteroatoms. The van der Waals surface area contributed by atoms with Crippen molar-refractivity contribution in [2.75, 3.05) is 12.8 Å². The first-order valence-electron chi connectivity index (χ1n) is 9.44. The lowest BCUT2D eigenvalue weighted by atomic mass is 9.95. The number of aryl methyl sites for hydroxylation is 1. The van der Waals surface area contributed by atoms with Gasteiger partial charge in [0, 0.05) is 39.5 Å². The third kappa shape index (κ3) is 4.08. The number of unbranched alkanes of at least 4 members (excludes halogenated alkanes) is 1. The molecule has 0 amide bonds. The number of nitrogens with one attached hydrogen (secondary N) is 2. The molecule has 26 heavy (non-hydrogen) atoms. The van der Waals surface area contributed by atoms with Gasteiger partial charge >= 0.3 is 0 Å². The topological polar surface area (TPSA) is 27.8 Å². The summed E-state index contributed by atoms with van der Waals surface area (Å²) in [6.45, 7) is 1.01. The standard InChI is InChI=1S/C22H26N2S2/c1-25-19-8-9-20-17(15-24-21(20)14-19)5-2-3-6-18-13-16(10-11-23-18)22-7-4-12-26-22/h4,7-10,12,14-15,18,23-24H,2-3,5-6,11,13H2,1H3. The summed E-state index contributed by atoms with van der Waals surface area (Å²) in [5.41, 5.74) is 4.26. The molecule has 0 fully saturated rings. The van der Waals surface area contributed by atoms with E-state index in [0.29, 0.717) is 6.04 Å². The molecule has 4 rings (SSSR count). The van der Waals surface area contributed by atoms with E-state index in [4.69, 9.17) is 0 Å². The normalized spacial score (nSPS) is 17.6. The Hall–Kier alpha value is -1.49. The van der Waals surface area contributed by atoms with Crippen LogP contribution in [0.4, 0.5) is 0 Å². The number of aromatic amines is 1. The van der Waals surface area contributed by atoms with Crippen LogP contribution in [0.1, 0.15) is 36.1 Å². The van der Waals surface area contributed by atoms with Crippen LogP contribution in [0.25, 0.3) is 16.5 Å². The Balaban J connectivity index is 1.27. The van der Waals surface area contributed by atoms with Crippen molar-refractivity contribution in [1.82, 2.24) is 10.3 Å². The molecule has 1 aliphatic heterocycles. The average molecular weight is 383 g/mol. The zero-order valence-electron chi connectivity index (χ0n) is 15.3. The second-order valence-corrected chi connectivity index (χ2v) is 8.81. The van der Waals surface area contributed by atoms with Crippen LogP contribution >= 0.6 is 23.1 Å². The number of H-pyrrole nitrogens is 1. The van der Waals surface area contributed by atoms with E-state index >= 15 is 0 Å². The molecular formula is C22H26N2S2. The van der Waals surface area contributed by atoms with Gasteiger partial charge in [0.25, 0.3) is 0 Å².